The molecule has 3 aromatic rings. The predicted molar refractivity (Wildman–Crippen MR) is 141 cm³/mol. The number of carbonyl (C=O) groups is 1. The maximum absolute atomic E-state index is 14.1. The van der Waals surface area contributed by atoms with E-state index in [-0.39, 0.29) is 17.8 Å². The molecule has 8 nitrogen and oxygen atoms in total. The van der Waals surface area contributed by atoms with Gasteiger partial charge in [0.1, 0.15) is 34.6 Å². The van der Waals surface area contributed by atoms with Gasteiger partial charge in [-0.25, -0.2) is 14.4 Å². The number of aryl methyl sites for hydroxylation is 1. The fourth-order valence-electron chi connectivity index (χ4n) is 4.01. The number of thiophene rings is 1. The van der Waals surface area contributed by atoms with E-state index >= 15 is 0 Å². The van der Waals surface area contributed by atoms with Gasteiger partial charge in [0, 0.05) is 45.1 Å². The van der Waals surface area contributed by atoms with Crippen LogP contribution in [0.1, 0.15) is 41.9 Å². The minimum absolute atomic E-state index is 0.0380. The molecule has 1 aromatic carbocycles. The number of nitrogens with one attached hydrogen (secondary N) is 1. The molecule has 1 saturated heterocycles. The van der Waals surface area contributed by atoms with Crippen molar-refractivity contribution in [3.05, 3.63) is 40.8 Å². The molecular weight excluding hydrogens is 481 g/mol. The van der Waals surface area contributed by atoms with Gasteiger partial charge in [0.25, 0.3) is 5.91 Å². The van der Waals surface area contributed by atoms with Crippen LogP contribution in [-0.4, -0.2) is 78.2 Å². The second-order valence-electron chi connectivity index (χ2n) is 9.45. The summed E-state index contributed by atoms with van der Waals surface area (Å²) in [4.78, 5) is 27.5. The highest BCUT2D eigenvalue weighted by Gasteiger charge is 2.23. The van der Waals surface area contributed by atoms with E-state index in [1.54, 1.807) is 11.0 Å². The lowest BCUT2D eigenvalue weighted by molar-refractivity contribution is 0.0257. The Labute approximate surface area is 215 Å². The van der Waals surface area contributed by atoms with Crippen LogP contribution >= 0.6 is 11.3 Å². The molecule has 4 rings (SSSR count). The normalized spacial score (nSPS) is 14.6. The van der Waals surface area contributed by atoms with E-state index in [0.29, 0.717) is 47.9 Å². The van der Waals surface area contributed by atoms with Crippen LogP contribution in [0.5, 0.6) is 5.75 Å². The van der Waals surface area contributed by atoms with Crippen LogP contribution < -0.4 is 10.1 Å². The minimum atomic E-state index is -0.374. The monoisotopic (exact) mass is 515 g/mol. The molecule has 2 aromatic heterocycles. The van der Waals surface area contributed by atoms with Crippen molar-refractivity contribution in [3.8, 4) is 5.75 Å². The standard InChI is InChI=1S/C26H34FN5O3S/c1-16(2)31(4)10-11-32(5)26(33)23-17(3)22-24(28-15-29-25(22)36-23)30-20-7-6-18(27)14-21(20)35-19-8-12-34-13-9-19/h6-7,14-16,19H,8-13H2,1-5H3,(H,28,29,30). The van der Waals surface area contributed by atoms with E-state index in [2.05, 4.69) is 41.1 Å². The molecule has 1 amide bonds. The quantitative estimate of drug-likeness (QED) is 0.436. The molecule has 0 saturated carbocycles. The number of ether oxygens (including phenoxy) is 2. The van der Waals surface area contributed by atoms with E-state index in [0.717, 1.165) is 35.2 Å². The lowest BCUT2D eigenvalue weighted by Gasteiger charge is -2.25. The maximum atomic E-state index is 14.1. The van der Waals surface area contributed by atoms with Crippen LogP contribution in [0.15, 0.2) is 24.5 Å². The number of halogens is 1. The van der Waals surface area contributed by atoms with Crippen LogP contribution in [0.4, 0.5) is 15.9 Å². The van der Waals surface area contributed by atoms with Crippen molar-refractivity contribution < 1.29 is 18.7 Å². The van der Waals surface area contributed by atoms with Crippen molar-refractivity contribution in [3.63, 3.8) is 0 Å². The van der Waals surface area contributed by atoms with Gasteiger partial charge in [0.2, 0.25) is 0 Å². The zero-order valence-corrected chi connectivity index (χ0v) is 22.3. The van der Waals surface area contributed by atoms with Gasteiger partial charge in [0.15, 0.2) is 0 Å². The summed E-state index contributed by atoms with van der Waals surface area (Å²) in [6, 6.07) is 4.82. The highest BCUT2D eigenvalue weighted by atomic mass is 32.1. The summed E-state index contributed by atoms with van der Waals surface area (Å²) in [5.41, 5.74) is 1.43. The van der Waals surface area contributed by atoms with Crippen molar-refractivity contribution >= 4 is 39.0 Å². The van der Waals surface area contributed by atoms with E-state index in [9.17, 15) is 9.18 Å². The zero-order valence-electron chi connectivity index (χ0n) is 21.5. The van der Waals surface area contributed by atoms with Crippen LogP contribution in [0.3, 0.4) is 0 Å². The largest absolute Gasteiger partial charge is 0.488 e. The number of rotatable bonds is 9. The van der Waals surface area contributed by atoms with Gasteiger partial charge in [-0.1, -0.05) is 0 Å². The Morgan fingerprint density at radius 3 is 2.72 bits per heavy atom. The predicted octanol–water partition coefficient (Wildman–Crippen LogP) is 4.85. The van der Waals surface area contributed by atoms with Crippen molar-refractivity contribution in [2.24, 2.45) is 0 Å². The Balaban J connectivity index is 1.59. The van der Waals surface area contributed by atoms with Gasteiger partial charge in [-0.3, -0.25) is 4.79 Å². The molecule has 10 heteroatoms. The third-order valence-corrected chi connectivity index (χ3v) is 7.78. The third-order valence-electron chi connectivity index (χ3n) is 6.60. The van der Waals surface area contributed by atoms with E-state index in [1.165, 1.54) is 29.8 Å². The number of carbonyl (C=O) groups excluding carboxylic acids is 1. The number of likely N-dealkylation sites (N-methyl/N-ethyl adjacent to an activating group) is 2. The molecule has 194 valence electrons. The summed E-state index contributed by atoms with van der Waals surface area (Å²) in [7, 11) is 3.88. The van der Waals surface area contributed by atoms with Crippen molar-refractivity contribution in [2.45, 2.75) is 45.8 Å². The highest BCUT2D eigenvalue weighted by Crippen LogP contribution is 2.37. The lowest BCUT2D eigenvalue weighted by Crippen LogP contribution is -2.37. The van der Waals surface area contributed by atoms with E-state index in [1.807, 2.05) is 14.0 Å². The summed E-state index contributed by atoms with van der Waals surface area (Å²) in [6.45, 7) is 8.85. The number of hydrogen-bond acceptors (Lipinski definition) is 8. The van der Waals surface area contributed by atoms with Crippen LogP contribution in [-0.2, 0) is 4.74 Å². The van der Waals surface area contributed by atoms with Gasteiger partial charge < -0.3 is 24.6 Å². The summed E-state index contributed by atoms with van der Waals surface area (Å²) in [5.74, 6) is 0.565. The molecule has 0 spiro atoms. The zero-order chi connectivity index (χ0) is 25.8. The summed E-state index contributed by atoms with van der Waals surface area (Å²) in [6.07, 6.45) is 2.94. The molecule has 0 aliphatic carbocycles. The van der Waals surface area contributed by atoms with Crippen LogP contribution in [0.2, 0.25) is 0 Å². The van der Waals surface area contributed by atoms with Gasteiger partial charge in [-0.2, -0.15) is 0 Å². The minimum Gasteiger partial charge on any atom is -0.488 e. The first kappa shape index (κ1) is 26.2. The average Bonchev–Trinajstić information content (AvgIpc) is 3.21. The topological polar surface area (TPSA) is 79.8 Å². The maximum Gasteiger partial charge on any atom is 0.264 e. The average molecular weight is 516 g/mol. The smallest absolute Gasteiger partial charge is 0.264 e. The molecule has 3 heterocycles. The molecule has 1 N–H and O–H groups in total. The molecule has 0 unspecified atom stereocenters. The molecule has 1 aliphatic heterocycles. The number of aromatic nitrogens is 2. The Bertz CT molecular complexity index is 1210. The number of fused-ring (bicyclic) bond motifs is 1. The third kappa shape index (κ3) is 5.93. The number of nitrogens with zero attached hydrogens (tertiary/aromatic N) is 4. The number of anilines is 2. The number of hydrogen-bond donors (Lipinski definition) is 1. The first-order valence-electron chi connectivity index (χ1n) is 12.3. The first-order chi connectivity index (χ1) is 17.2. The molecule has 36 heavy (non-hydrogen) atoms. The lowest BCUT2D eigenvalue weighted by atomic mass is 10.1. The summed E-state index contributed by atoms with van der Waals surface area (Å²) < 4.78 is 25.6. The Kier molecular flexibility index (Phi) is 8.38. The van der Waals surface area contributed by atoms with Gasteiger partial charge >= 0.3 is 0 Å². The van der Waals surface area contributed by atoms with Crippen LogP contribution in [0, 0.1) is 12.7 Å². The Morgan fingerprint density at radius 2 is 2.00 bits per heavy atom. The van der Waals surface area contributed by atoms with E-state index < -0.39 is 0 Å². The van der Waals surface area contributed by atoms with Gasteiger partial charge in [-0.05, 0) is 45.5 Å². The fraction of sp³-hybridized carbons (Fsp3) is 0.500. The number of benzene rings is 1. The van der Waals surface area contributed by atoms with E-state index in [4.69, 9.17) is 9.47 Å². The molecule has 1 fully saturated rings. The fourth-order valence-corrected chi connectivity index (χ4v) is 5.15. The van der Waals surface area contributed by atoms with Crippen molar-refractivity contribution in [1.29, 1.82) is 0 Å². The van der Waals surface area contributed by atoms with Crippen molar-refractivity contribution in [2.75, 3.05) is 45.7 Å². The second kappa shape index (κ2) is 11.5. The molecular formula is C26H34FN5O3S. The van der Waals surface area contributed by atoms with Gasteiger partial charge in [-0.15, -0.1) is 11.3 Å². The SMILES string of the molecule is Cc1c(C(=O)N(C)CCN(C)C(C)C)sc2ncnc(Nc3ccc(F)cc3OC3CCOCC3)c12. The Morgan fingerprint density at radius 1 is 1.25 bits per heavy atom. The van der Waals surface area contributed by atoms with Crippen molar-refractivity contribution in [1.82, 2.24) is 19.8 Å². The summed E-state index contributed by atoms with van der Waals surface area (Å²) >= 11 is 1.36. The molecule has 0 atom stereocenters. The Hall–Kier alpha value is -2.82. The number of amides is 1. The first-order valence-corrected chi connectivity index (χ1v) is 13.1. The van der Waals surface area contributed by atoms with Crippen LogP contribution in [0.25, 0.3) is 10.2 Å². The molecule has 0 bridgehead atoms. The molecule has 1 aliphatic rings. The highest BCUT2D eigenvalue weighted by molar-refractivity contribution is 7.20. The van der Waals surface area contributed by atoms with Gasteiger partial charge in [0.05, 0.1) is 29.2 Å². The summed E-state index contributed by atoms with van der Waals surface area (Å²) in [5, 5.41) is 4.09. The molecule has 0 radical (unpaired) electrons. The second-order valence-corrected chi connectivity index (χ2v) is 10.5.